The van der Waals surface area contributed by atoms with Crippen LogP contribution in [0.15, 0.2) is 158 Å². The Hall–Kier alpha value is -3.87. The molecule has 56 heavy (non-hydrogen) atoms. The molecule has 2 aliphatic carbocycles. The Morgan fingerprint density at radius 3 is 1.21 bits per heavy atom. The maximum absolute atomic E-state index is 9.07. The van der Waals surface area contributed by atoms with E-state index in [-0.39, 0.29) is 18.1 Å². The van der Waals surface area contributed by atoms with Gasteiger partial charge in [0.05, 0.1) is 0 Å². The third-order valence-electron chi connectivity index (χ3n) is 12.1. The number of hydrogen-bond acceptors (Lipinski definition) is 0. The second-order valence-corrected chi connectivity index (χ2v) is 38.9. The Morgan fingerprint density at radius 2 is 0.857 bits per heavy atom. The van der Waals surface area contributed by atoms with Crippen LogP contribution in [0.25, 0.3) is 33.4 Å². The Bertz CT molecular complexity index is 2420. The molecular weight excluding hydrogens is 799 g/mol. The molecule has 0 spiro atoms. The van der Waals surface area contributed by atoms with Crippen molar-refractivity contribution in [3.8, 4) is 33.4 Å². The second kappa shape index (κ2) is 14.2. The van der Waals surface area contributed by atoms with E-state index >= 15 is 0 Å². The van der Waals surface area contributed by atoms with Gasteiger partial charge in [0.1, 0.15) is 0 Å². The van der Waals surface area contributed by atoms with E-state index in [1.54, 1.807) is 0 Å². The van der Waals surface area contributed by atoms with Crippen molar-refractivity contribution in [2.75, 3.05) is 0 Å². The van der Waals surface area contributed by atoms with E-state index in [0.717, 1.165) is 14.3 Å². The number of benzene rings is 6. The van der Waals surface area contributed by atoms with Gasteiger partial charge < -0.3 is 0 Å². The molecule has 8 rings (SSSR count). The molecular formula is C53H52Cl2Zr. The molecule has 0 heterocycles. The fraction of sp³-hybridized carbons (Fsp3) is 0.226. The topological polar surface area (TPSA) is 0 Å². The third kappa shape index (κ3) is 6.63. The molecule has 282 valence electrons. The molecule has 0 saturated carbocycles. The molecule has 0 aliphatic heterocycles. The summed E-state index contributed by atoms with van der Waals surface area (Å²) in [5.74, 6) is 0. The number of fused-ring (bicyclic) bond motifs is 3. The summed E-state index contributed by atoms with van der Waals surface area (Å²) in [7, 11) is 18.1. The van der Waals surface area contributed by atoms with Gasteiger partial charge in [0.15, 0.2) is 0 Å². The summed E-state index contributed by atoms with van der Waals surface area (Å²) >= 11 is -5.65. The number of halogens is 2. The summed E-state index contributed by atoms with van der Waals surface area (Å²) < 4.78 is 0.709. The maximum atomic E-state index is 9.07. The van der Waals surface area contributed by atoms with Gasteiger partial charge in [-0.2, -0.15) is 0 Å². The van der Waals surface area contributed by atoms with Crippen molar-refractivity contribution in [1.82, 2.24) is 0 Å². The average molecular weight is 851 g/mol. The van der Waals surface area contributed by atoms with Crippen molar-refractivity contribution in [2.45, 2.75) is 73.5 Å². The van der Waals surface area contributed by atoms with Crippen LogP contribution in [-0.2, 0) is 26.7 Å². The Kier molecular flexibility index (Phi) is 9.88. The van der Waals surface area contributed by atoms with Crippen LogP contribution in [0.1, 0.15) is 89.7 Å². The molecule has 6 aromatic rings. The normalized spacial score (nSPS) is 14.6. The van der Waals surface area contributed by atoms with Gasteiger partial charge in [0.2, 0.25) is 0 Å². The summed E-state index contributed by atoms with van der Waals surface area (Å²) in [5, 5.41) is 0. The van der Waals surface area contributed by atoms with Crippen LogP contribution >= 0.6 is 17.0 Å². The fourth-order valence-corrected chi connectivity index (χ4v) is 28.7. The Labute approximate surface area is 342 Å². The monoisotopic (exact) mass is 848 g/mol. The Morgan fingerprint density at radius 1 is 0.482 bits per heavy atom. The minimum atomic E-state index is -5.65. The van der Waals surface area contributed by atoms with Crippen LogP contribution in [0.2, 0.25) is 3.63 Å². The van der Waals surface area contributed by atoms with E-state index in [4.69, 9.17) is 17.0 Å². The molecule has 0 N–H and O–H groups in total. The molecule has 0 nitrogen and oxygen atoms in total. The summed E-state index contributed by atoms with van der Waals surface area (Å²) in [6.07, 6.45) is 8.87. The van der Waals surface area contributed by atoms with Crippen LogP contribution < -0.4 is 0 Å². The van der Waals surface area contributed by atoms with E-state index in [0.29, 0.717) is 0 Å². The van der Waals surface area contributed by atoms with Crippen LogP contribution in [0.3, 0.4) is 0 Å². The predicted molar refractivity (Wildman–Crippen MR) is 241 cm³/mol. The Balaban J connectivity index is 1.61. The van der Waals surface area contributed by atoms with Crippen LogP contribution in [0, 0.1) is 13.8 Å². The zero-order valence-electron chi connectivity index (χ0n) is 33.9. The molecule has 3 heteroatoms. The molecule has 0 aromatic heterocycles. The van der Waals surface area contributed by atoms with Crippen molar-refractivity contribution in [1.29, 1.82) is 0 Å². The van der Waals surface area contributed by atoms with Gasteiger partial charge in [-0.05, 0) is 0 Å². The zero-order valence-corrected chi connectivity index (χ0v) is 37.9. The minimum absolute atomic E-state index is 0.118. The standard InChI is InChI=1S/C33H33.C15H14.C5H5.2ClH.Zr/c1-32(2,3)30-20-26-24(18-28(30)22-13-9-7-10-14-22)17-25-19-29(23-15-11-8-12-16-23)31(21-27(25)26)33(4,5)6;1-12-3-7-14(8-4-12)11-15-9-5-13(2)6-10-15;1-2-4-5-3-1;;;/h7-21H,1-6H3;3-10H,1-2H3;1-5H;2*1H;/q;;;;;+2/p-2. The van der Waals surface area contributed by atoms with E-state index in [1.807, 2.05) is 0 Å². The molecule has 0 bridgehead atoms. The van der Waals surface area contributed by atoms with Gasteiger partial charge >= 0.3 is 345 Å². The van der Waals surface area contributed by atoms with E-state index in [2.05, 4.69) is 213 Å². The van der Waals surface area contributed by atoms with Crippen LogP contribution in [0.4, 0.5) is 0 Å². The van der Waals surface area contributed by atoms with Gasteiger partial charge in [0, 0.05) is 0 Å². The molecule has 0 amide bonds. The predicted octanol–water partition coefficient (Wildman–Crippen LogP) is 15.5. The molecule has 6 aromatic carbocycles. The summed E-state index contributed by atoms with van der Waals surface area (Å²) in [5.41, 5.74) is 16.9. The first-order valence-corrected chi connectivity index (χ1v) is 30.4. The van der Waals surface area contributed by atoms with Gasteiger partial charge in [-0.25, -0.2) is 0 Å². The quantitative estimate of drug-likeness (QED) is 0.157. The van der Waals surface area contributed by atoms with Gasteiger partial charge in [0.25, 0.3) is 0 Å². The fourth-order valence-electron chi connectivity index (χ4n) is 9.32. The number of hydrogen-bond donors (Lipinski definition) is 0. The SMILES string of the molecule is Cc1ccc([C](c2ccc(C)cc2)=[Zr]([Cl])([Cl])([CH]2C=CC=C2)[CH]2c3cc(-c4ccccc4)c(C(C)(C)C)cc3-c3cc(C(C)(C)C)c(-c4ccccc4)cc32)cc1. The number of allylic oxidation sites excluding steroid dienone is 4. The summed E-state index contributed by atoms with van der Waals surface area (Å²) in [6, 6.07) is 49.5. The number of rotatable bonds is 6. The van der Waals surface area contributed by atoms with Crippen molar-refractivity contribution < 1.29 is 15.9 Å². The molecule has 2 aliphatic rings. The molecule has 0 radical (unpaired) electrons. The van der Waals surface area contributed by atoms with Gasteiger partial charge in [-0.3, -0.25) is 0 Å². The third-order valence-corrected chi connectivity index (χ3v) is 31.8. The molecule has 0 saturated heterocycles. The van der Waals surface area contributed by atoms with Crippen molar-refractivity contribution in [3.05, 3.63) is 202 Å². The average Bonchev–Trinajstić information content (AvgIpc) is 3.84. The van der Waals surface area contributed by atoms with Crippen LogP contribution in [-0.4, -0.2) is 3.21 Å². The van der Waals surface area contributed by atoms with Crippen molar-refractivity contribution >= 4 is 20.2 Å². The van der Waals surface area contributed by atoms with Crippen LogP contribution in [0.5, 0.6) is 0 Å². The number of aryl methyl sites for hydroxylation is 2. The molecule has 0 fully saturated rings. The van der Waals surface area contributed by atoms with Crippen molar-refractivity contribution in [2.24, 2.45) is 0 Å². The summed E-state index contributed by atoms with van der Waals surface area (Å²) in [6.45, 7) is 18.3. The van der Waals surface area contributed by atoms with Gasteiger partial charge in [-0.15, -0.1) is 0 Å². The van der Waals surface area contributed by atoms with E-state index in [1.165, 1.54) is 66.8 Å². The second-order valence-electron chi connectivity index (χ2n) is 18.2. The zero-order chi connectivity index (χ0) is 39.6. The van der Waals surface area contributed by atoms with E-state index < -0.39 is 15.9 Å². The van der Waals surface area contributed by atoms with Gasteiger partial charge in [-0.1, -0.05) is 0 Å². The summed E-state index contributed by atoms with van der Waals surface area (Å²) in [4.78, 5) is 0. The first-order chi connectivity index (χ1) is 26.5. The first kappa shape index (κ1) is 39.0. The molecule has 0 unspecified atom stereocenters. The van der Waals surface area contributed by atoms with Crippen molar-refractivity contribution in [3.63, 3.8) is 0 Å². The van der Waals surface area contributed by atoms with E-state index in [9.17, 15) is 0 Å². The molecule has 0 atom stereocenters. The first-order valence-electron chi connectivity index (χ1n) is 20.0.